The second-order valence-electron chi connectivity index (χ2n) is 16.1. The van der Waals surface area contributed by atoms with E-state index in [4.69, 9.17) is 14.2 Å². The van der Waals surface area contributed by atoms with Crippen LogP contribution in [0.4, 0.5) is 0 Å². The second-order valence-corrected chi connectivity index (χ2v) is 16.1. The average molecular weight is 847 g/mol. The molecule has 0 aliphatic rings. The highest BCUT2D eigenvalue weighted by Gasteiger charge is 2.19. The Hall–Kier alpha value is -3.67. The van der Waals surface area contributed by atoms with Crippen LogP contribution in [-0.4, -0.2) is 37.2 Å². The molecule has 6 heteroatoms. The van der Waals surface area contributed by atoms with Crippen molar-refractivity contribution >= 4 is 17.9 Å². The van der Waals surface area contributed by atoms with Crippen LogP contribution >= 0.6 is 0 Å². The van der Waals surface area contributed by atoms with Crippen LogP contribution in [-0.2, 0) is 28.6 Å². The maximum absolute atomic E-state index is 12.8. The van der Waals surface area contributed by atoms with E-state index in [0.717, 1.165) is 77.0 Å². The summed E-state index contributed by atoms with van der Waals surface area (Å²) >= 11 is 0. The molecule has 0 radical (unpaired) electrons. The average Bonchev–Trinajstić information content (AvgIpc) is 3.26. The highest BCUT2D eigenvalue weighted by atomic mass is 16.6. The Morgan fingerprint density at radius 2 is 0.672 bits per heavy atom. The molecule has 0 aliphatic carbocycles. The molecule has 0 fully saturated rings. The third-order valence-electron chi connectivity index (χ3n) is 10.2. The lowest BCUT2D eigenvalue weighted by Crippen LogP contribution is -2.30. The molecular formula is C55H90O6. The van der Waals surface area contributed by atoms with Crippen LogP contribution in [0.1, 0.15) is 213 Å². The van der Waals surface area contributed by atoms with Crippen LogP contribution < -0.4 is 0 Å². The van der Waals surface area contributed by atoms with E-state index in [1.807, 2.05) is 54.7 Å². The Bertz CT molecular complexity index is 1250. The first-order chi connectivity index (χ1) is 30.0. The Labute approximate surface area is 375 Å². The number of hydrogen-bond donors (Lipinski definition) is 0. The molecule has 0 amide bonds. The third-order valence-corrected chi connectivity index (χ3v) is 10.2. The first-order valence-corrected chi connectivity index (χ1v) is 24.8. The summed E-state index contributed by atoms with van der Waals surface area (Å²) in [5.41, 5.74) is 0. The zero-order chi connectivity index (χ0) is 44.4. The standard InChI is InChI=1S/C55H90O6/c1-4-7-10-13-16-19-22-25-27-28-31-33-36-39-42-45-48-54(57)60-51-52(50-59-53(56)47-44-41-38-35-32-29-24-21-18-15-12-9-6-3)61-55(58)49-46-43-40-37-34-30-26-23-20-17-14-11-8-5-2/h9,12,15,18,21,24,27-35,38,52H,4-8,10-11,13-14,16-17,19-20,22-23,25-26,36-37,39-51H2,1-3H3/b12-9+,18-15+,24-21+,28-27+,32-29+,33-31+,34-30+,38-35+. The molecule has 61 heavy (non-hydrogen) atoms. The monoisotopic (exact) mass is 847 g/mol. The van der Waals surface area contributed by atoms with Gasteiger partial charge in [0.25, 0.3) is 0 Å². The summed E-state index contributed by atoms with van der Waals surface area (Å²) in [5, 5.41) is 0. The van der Waals surface area contributed by atoms with Crippen LogP contribution in [0.2, 0.25) is 0 Å². The molecule has 0 heterocycles. The van der Waals surface area contributed by atoms with Gasteiger partial charge in [-0.1, -0.05) is 208 Å². The first kappa shape index (κ1) is 57.3. The fourth-order valence-electron chi connectivity index (χ4n) is 6.46. The maximum Gasteiger partial charge on any atom is 0.306 e. The van der Waals surface area contributed by atoms with Gasteiger partial charge in [-0.15, -0.1) is 0 Å². The van der Waals surface area contributed by atoms with Crippen molar-refractivity contribution in [2.45, 2.75) is 219 Å². The number of unbranched alkanes of at least 4 members (excludes halogenated alkanes) is 21. The summed E-state index contributed by atoms with van der Waals surface area (Å²) in [4.78, 5) is 37.9. The zero-order valence-corrected chi connectivity index (χ0v) is 39.4. The summed E-state index contributed by atoms with van der Waals surface area (Å²) in [6.07, 6.45) is 64.0. The summed E-state index contributed by atoms with van der Waals surface area (Å²) in [5.74, 6) is -1.04. The van der Waals surface area contributed by atoms with Crippen LogP contribution in [0.3, 0.4) is 0 Å². The molecule has 0 aromatic rings. The number of carbonyl (C=O) groups excluding carboxylic acids is 3. The number of rotatable bonds is 43. The minimum Gasteiger partial charge on any atom is -0.462 e. The lowest BCUT2D eigenvalue weighted by Gasteiger charge is -2.18. The van der Waals surface area contributed by atoms with E-state index in [9.17, 15) is 14.4 Å². The van der Waals surface area contributed by atoms with E-state index in [1.54, 1.807) is 0 Å². The summed E-state index contributed by atoms with van der Waals surface area (Å²) in [6.45, 7) is 6.37. The largest absolute Gasteiger partial charge is 0.462 e. The number of esters is 3. The maximum atomic E-state index is 12.8. The Morgan fingerprint density at radius 1 is 0.344 bits per heavy atom. The Balaban J connectivity index is 4.56. The van der Waals surface area contributed by atoms with Gasteiger partial charge in [-0.05, 0) is 83.5 Å². The van der Waals surface area contributed by atoms with Crippen LogP contribution in [0.5, 0.6) is 0 Å². The number of ether oxygens (including phenoxy) is 3. The summed E-state index contributed by atoms with van der Waals surface area (Å²) < 4.78 is 16.7. The molecule has 0 rings (SSSR count). The highest BCUT2D eigenvalue weighted by Crippen LogP contribution is 2.12. The van der Waals surface area contributed by atoms with Gasteiger partial charge in [0.15, 0.2) is 6.10 Å². The van der Waals surface area contributed by atoms with Crippen molar-refractivity contribution in [3.05, 3.63) is 97.2 Å². The van der Waals surface area contributed by atoms with Gasteiger partial charge in [0, 0.05) is 19.3 Å². The predicted octanol–water partition coefficient (Wildman–Crippen LogP) is 16.2. The lowest BCUT2D eigenvalue weighted by molar-refractivity contribution is -0.167. The van der Waals surface area contributed by atoms with Gasteiger partial charge >= 0.3 is 17.9 Å². The van der Waals surface area contributed by atoms with Crippen molar-refractivity contribution in [1.82, 2.24) is 0 Å². The smallest absolute Gasteiger partial charge is 0.306 e. The van der Waals surface area contributed by atoms with E-state index in [-0.39, 0.29) is 44.0 Å². The van der Waals surface area contributed by atoms with Crippen molar-refractivity contribution in [2.75, 3.05) is 13.2 Å². The van der Waals surface area contributed by atoms with Crippen LogP contribution in [0.25, 0.3) is 0 Å². The van der Waals surface area contributed by atoms with E-state index >= 15 is 0 Å². The topological polar surface area (TPSA) is 78.9 Å². The van der Waals surface area contributed by atoms with Gasteiger partial charge in [0.2, 0.25) is 0 Å². The molecule has 0 saturated carbocycles. The first-order valence-electron chi connectivity index (χ1n) is 24.8. The molecule has 0 aliphatic heterocycles. The van der Waals surface area contributed by atoms with Gasteiger partial charge in [-0.25, -0.2) is 0 Å². The quantitative estimate of drug-likeness (QED) is 0.0200. The van der Waals surface area contributed by atoms with Gasteiger partial charge in [-0.3, -0.25) is 14.4 Å². The molecule has 6 nitrogen and oxygen atoms in total. The minimum atomic E-state index is -0.824. The number of carbonyl (C=O) groups is 3. The van der Waals surface area contributed by atoms with E-state index < -0.39 is 6.10 Å². The molecule has 0 aromatic carbocycles. The van der Waals surface area contributed by atoms with Gasteiger partial charge in [0.05, 0.1) is 0 Å². The molecule has 0 bridgehead atoms. The molecule has 1 unspecified atom stereocenters. The highest BCUT2D eigenvalue weighted by molar-refractivity contribution is 5.71. The molecule has 0 N–H and O–H groups in total. The summed E-state index contributed by atoms with van der Waals surface area (Å²) in [7, 11) is 0. The fourth-order valence-corrected chi connectivity index (χ4v) is 6.46. The molecule has 0 saturated heterocycles. The minimum absolute atomic E-state index is 0.121. The van der Waals surface area contributed by atoms with Crippen molar-refractivity contribution in [3.8, 4) is 0 Å². The molecule has 0 spiro atoms. The van der Waals surface area contributed by atoms with Crippen LogP contribution in [0, 0.1) is 0 Å². The molecule has 346 valence electrons. The SMILES string of the molecule is CC/C=C/C=C/C=C/C=C/C=C/CCCC(=O)OCC(COC(=O)CCCCC/C=C/C=C/CCCCCCCCC)OC(=O)CCCCC/C=C/CCCCCCCCC. The molecule has 0 aromatic heterocycles. The van der Waals surface area contributed by atoms with Gasteiger partial charge in [0.1, 0.15) is 13.2 Å². The normalized spacial score (nSPS) is 12.9. The third kappa shape index (κ3) is 47.2. The van der Waals surface area contributed by atoms with Crippen LogP contribution in [0.15, 0.2) is 97.2 Å². The molecular weight excluding hydrogens is 757 g/mol. The number of allylic oxidation sites excluding steroid dienone is 16. The fraction of sp³-hybridized carbons (Fsp3) is 0.655. The predicted molar refractivity (Wildman–Crippen MR) is 260 cm³/mol. The zero-order valence-electron chi connectivity index (χ0n) is 39.4. The Morgan fingerprint density at radius 3 is 1.13 bits per heavy atom. The second kappa shape index (κ2) is 49.0. The summed E-state index contributed by atoms with van der Waals surface area (Å²) in [6, 6.07) is 0. The lowest BCUT2D eigenvalue weighted by atomic mass is 10.1. The van der Waals surface area contributed by atoms with Gasteiger partial charge < -0.3 is 14.2 Å². The molecule has 1 atom stereocenters. The number of hydrogen-bond acceptors (Lipinski definition) is 6. The van der Waals surface area contributed by atoms with E-state index in [2.05, 4.69) is 63.3 Å². The van der Waals surface area contributed by atoms with Crippen molar-refractivity contribution in [1.29, 1.82) is 0 Å². The van der Waals surface area contributed by atoms with E-state index in [1.165, 1.54) is 89.9 Å². The van der Waals surface area contributed by atoms with E-state index in [0.29, 0.717) is 12.8 Å². The van der Waals surface area contributed by atoms with Crippen molar-refractivity contribution in [3.63, 3.8) is 0 Å². The van der Waals surface area contributed by atoms with Crippen molar-refractivity contribution < 1.29 is 28.6 Å². The Kier molecular flexibility index (Phi) is 46.0. The van der Waals surface area contributed by atoms with Crippen molar-refractivity contribution in [2.24, 2.45) is 0 Å². The van der Waals surface area contributed by atoms with Gasteiger partial charge in [-0.2, -0.15) is 0 Å².